The van der Waals surface area contributed by atoms with Crippen LogP contribution in [0, 0.1) is 5.82 Å². The molecule has 35 heavy (non-hydrogen) atoms. The molecule has 0 saturated carbocycles. The number of hydrogen-bond donors (Lipinski definition) is 2. The number of fused-ring (bicyclic) bond motifs is 1. The normalized spacial score (nSPS) is 17.4. The van der Waals surface area contributed by atoms with Gasteiger partial charge in [-0.05, 0) is 42.2 Å². The number of hydrogen-bond acceptors (Lipinski definition) is 4. The second-order valence-corrected chi connectivity index (χ2v) is 9.55. The first-order valence-corrected chi connectivity index (χ1v) is 12.9. The topological polar surface area (TPSA) is 66.4 Å². The number of halogens is 1. The number of allylic oxidation sites excluding steroid dienone is 2. The van der Waals surface area contributed by atoms with Gasteiger partial charge in [-0.1, -0.05) is 88.6 Å². The second kappa shape index (κ2) is 11.5. The number of unbranched alkanes of at least 4 members (excludes halogenated alkanes) is 8. The first kappa shape index (κ1) is 24.9. The molecule has 0 radical (unpaired) electrons. The average Bonchev–Trinajstić information content (AvgIpc) is 2.87. The van der Waals surface area contributed by atoms with Crippen molar-refractivity contribution in [3.63, 3.8) is 0 Å². The van der Waals surface area contributed by atoms with Gasteiger partial charge in [0.25, 0.3) is 0 Å². The lowest BCUT2D eigenvalue weighted by molar-refractivity contribution is -0.132. The van der Waals surface area contributed by atoms with Crippen LogP contribution in [0.25, 0.3) is 0 Å². The van der Waals surface area contributed by atoms with E-state index in [-0.39, 0.29) is 22.7 Å². The van der Waals surface area contributed by atoms with Gasteiger partial charge in [0.05, 0.1) is 5.70 Å². The van der Waals surface area contributed by atoms with Crippen LogP contribution >= 0.6 is 0 Å². The molecule has 1 unspecified atom stereocenters. The second-order valence-electron chi connectivity index (χ2n) is 9.55. The van der Waals surface area contributed by atoms with Gasteiger partial charge in [0.2, 0.25) is 11.6 Å². The maximum Gasteiger partial charge on any atom is 0.233 e. The summed E-state index contributed by atoms with van der Waals surface area (Å²) in [5, 5.41) is 14.3. The number of anilines is 1. The fraction of sp³-hybridized carbons (Fsp3) is 0.400. The summed E-state index contributed by atoms with van der Waals surface area (Å²) >= 11 is 0. The van der Waals surface area contributed by atoms with Crippen LogP contribution in [0.2, 0.25) is 0 Å². The van der Waals surface area contributed by atoms with E-state index < -0.39 is 17.5 Å². The molecule has 2 aliphatic rings. The number of rotatable bonds is 11. The Labute approximate surface area is 206 Å². The molecule has 0 amide bonds. The van der Waals surface area contributed by atoms with Crippen molar-refractivity contribution in [3.8, 4) is 0 Å². The van der Waals surface area contributed by atoms with E-state index in [1.54, 1.807) is 12.1 Å². The number of Topliss-reactive ketones (excluding diaryl/α,β-unsaturated/α-hetero) is 2. The van der Waals surface area contributed by atoms with Crippen LogP contribution in [-0.2, 0) is 9.59 Å². The van der Waals surface area contributed by atoms with Crippen molar-refractivity contribution in [1.82, 2.24) is 0 Å². The van der Waals surface area contributed by atoms with Crippen LogP contribution in [0.5, 0.6) is 0 Å². The Morgan fingerprint density at radius 3 is 2.14 bits per heavy atom. The molecule has 0 fully saturated rings. The fourth-order valence-electron chi connectivity index (χ4n) is 5.16. The van der Waals surface area contributed by atoms with Gasteiger partial charge in [-0.15, -0.1) is 0 Å². The molecule has 1 aliphatic heterocycles. The van der Waals surface area contributed by atoms with E-state index in [9.17, 15) is 19.1 Å². The lowest BCUT2D eigenvalue weighted by Crippen LogP contribution is -2.34. The average molecular weight is 476 g/mol. The molecule has 0 saturated heterocycles. The number of aliphatic hydroxyl groups is 1. The van der Waals surface area contributed by atoms with E-state index in [2.05, 4.69) is 12.2 Å². The third-order valence-electron chi connectivity index (χ3n) is 7.07. The van der Waals surface area contributed by atoms with E-state index >= 15 is 0 Å². The molecule has 2 aromatic rings. The zero-order valence-electron chi connectivity index (χ0n) is 20.4. The molecule has 184 valence electrons. The first-order chi connectivity index (χ1) is 17.0. The number of carbonyl (C=O) groups is 2. The number of carbonyl (C=O) groups excluding carboxylic acids is 2. The molecular formula is C30H34FNO3. The Bertz CT molecular complexity index is 1150. The van der Waals surface area contributed by atoms with Gasteiger partial charge in [-0.25, -0.2) is 4.39 Å². The van der Waals surface area contributed by atoms with E-state index in [0.29, 0.717) is 17.7 Å². The molecule has 1 atom stereocenters. The van der Waals surface area contributed by atoms with Crippen LogP contribution in [-0.4, -0.2) is 16.7 Å². The first-order valence-electron chi connectivity index (χ1n) is 12.9. The molecule has 4 rings (SSSR count). The van der Waals surface area contributed by atoms with Crippen LogP contribution in [0.3, 0.4) is 0 Å². The standard InChI is InChI=1S/C30H34FNO3/c1-2-3-4-5-6-7-8-9-10-14-23-28(33)27-26(30(35)29(23)34)25(20-16-18-21(31)19-17-20)22-13-11-12-15-24(22)32-27/h11-13,15-19,25,32-33H,2-10,14H2,1H3. The van der Waals surface area contributed by atoms with E-state index in [4.69, 9.17) is 0 Å². The van der Waals surface area contributed by atoms with Gasteiger partial charge in [0.15, 0.2) is 0 Å². The van der Waals surface area contributed by atoms with E-state index in [1.165, 1.54) is 50.7 Å². The predicted molar refractivity (Wildman–Crippen MR) is 137 cm³/mol. The molecular weight excluding hydrogens is 441 g/mol. The number of nitrogens with one attached hydrogen (secondary N) is 1. The van der Waals surface area contributed by atoms with Crippen LogP contribution in [0.1, 0.15) is 88.2 Å². The summed E-state index contributed by atoms with van der Waals surface area (Å²) in [5.74, 6) is -2.29. The number of para-hydroxylation sites is 1. The number of ketones is 2. The molecule has 0 spiro atoms. The highest BCUT2D eigenvalue weighted by atomic mass is 19.1. The largest absolute Gasteiger partial charge is 0.505 e. The molecule has 1 heterocycles. The minimum absolute atomic E-state index is 0.134. The van der Waals surface area contributed by atoms with Crippen molar-refractivity contribution in [2.45, 2.75) is 77.0 Å². The lowest BCUT2D eigenvalue weighted by atomic mass is 9.74. The highest BCUT2D eigenvalue weighted by Crippen LogP contribution is 2.46. The van der Waals surface area contributed by atoms with Gasteiger partial charge < -0.3 is 10.4 Å². The molecule has 2 N–H and O–H groups in total. The number of aliphatic hydroxyl groups excluding tert-OH is 1. The third kappa shape index (κ3) is 5.39. The maximum absolute atomic E-state index is 13.6. The van der Waals surface area contributed by atoms with E-state index in [0.717, 1.165) is 30.5 Å². The zero-order valence-corrected chi connectivity index (χ0v) is 20.4. The smallest absolute Gasteiger partial charge is 0.233 e. The minimum atomic E-state index is -0.630. The molecule has 0 aromatic heterocycles. The van der Waals surface area contributed by atoms with Crippen LogP contribution in [0.15, 0.2) is 71.1 Å². The quantitative estimate of drug-likeness (QED) is 0.200. The third-order valence-corrected chi connectivity index (χ3v) is 7.07. The molecule has 1 aliphatic carbocycles. The van der Waals surface area contributed by atoms with Gasteiger partial charge in [0, 0.05) is 22.8 Å². The molecule has 0 bridgehead atoms. The fourth-order valence-corrected chi connectivity index (χ4v) is 5.16. The Hall–Kier alpha value is -3.21. The summed E-state index contributed by atoms with van der Waals surface area (Å²) in [4.78, 5) is 26.5. The predicted octanol–water partition coefficient (Wildman–Crippen LogP) is 7.52. The van der Waals surface area contributed by atoms with Crippen molar-refractivity contribution in [1.29, 1.82) is 0 Å². The molecule has 2 aromatic carbocycles. The van der Waals surface area contributed by atoms with Crippen LogP contribution in [0.4, 0.5) is 10.1 Å². The SMILES string of the molecule is CCCCCCCCCCCC1=C(O)C2=C(C(=O)C1=O)C(c1ccc(F)cc1)c1ccccc1N2. The van der Waals surface area contributed by atoms with Gasteiger partial charge in [-0.3, -0.25) is 9.59 Å². The monoisotopic (exact) mass is 475 g/mol. The Balaban J connectivity index is 1.54. The Morgan fingerprint density at radius 2 is 1.46 bits per heavy atom. The van der Waals surface area contributed by atoms with Gasteiger partial charge >= 0.3 is 0 Å². The van der Waals surface area contributed by atoms with Crippen LogP contribution < -0.4 is 5.32 Å². The Morgan fingerprint density at radius 1 is 0.829 bits per heavy atom. The van der Waals surface area contributed by atoms with Crippen molar-refractivity contribution < 1.29 is 19.1 Å². The highest BCUT2D eigenvalue weighted by Gasteiger charge is 2.42. The van der Waals surface area contributed by atoms with Crippen molar-refractivity contribution in [3.05, 3.63) is 88.1 Å². The Kier molecular flexibility index (Phi) is 8.17. The van der Waals surface area contributed by atoms with Crippen molar-refractivity contribution in [2.24, 2.45) is 0 Å². The van der Waals surface area contributed by atoms with Crippen molar-refractivity contribution in [2.75, 3.05) is 5.32 Å². The minimum Gasteiger partial charge on any atom is -0.505 e. The lowest BCUT2D eigenvalue weighted by Gasteiger charge is -2.33. The summed E-state index contributed by atoms with van der Waals surface area (Å²) in [6.07, 6.45) is 10.7. The molecule has 5 heteroatoms. The summed E-state index contributed by atoms with van der Waals surface area (Å²) < 4.78 is 13.6. The summed E-state index contributed by atoms with van der Waals surface area (Å²) in [5.41, 5.74) is 3.00. The van der Waals surface area contributed by atoms with Crippen molar-refractivity contribution >= 4 is 17.3 Å². The van der Waals surface area contributed by atoms with Gasteiger partial charge in [0.1, 0.15) is 11.6 Å². The highest BCUT2D eigenvalue weighted by molar-refractivity contribution is 6.50. The van der Waals surface area contributed by atoms with E-state index in [1.807, 2.05) is 24.3 Å². The van der Waals surface area contributed by atoms with Gasteiger partial charge in [-0.2, -0.15) is 0 Å². The maximum atomic E-state index is 13.6. The molecule has 4 nitrogen and oxygen atoms in total. The summed E-state index contributed by atoms with van der Waals surface area (Å²) in [6, 6.07) is 13.5. The summed E-state index contributed by atoms with van der Waals surface area (Å²) in [7, 11) is 0. The number of benzene rings is 2. The zero-order chi connectivity index (χ0) is 24.8. The summed E-state index contributed by atoms with van der Waals surface area (Å²) in [6.45, 7) is 2.21.